The van der Waals surface area contributed by atoms with Crippen molar-refractivity contribution < 1.29 is 4.79 Å². The molecule has 0 aliphatic heterocycles. The predicted octanol–water partition coefficient (Wildman–Crippen LogP) is 5.75. The minimum absolute atomic E-state index is 0.0735. The molecule has 0 spiro atoms. The van der Waals surface area contributed by atoms with Crippen molar-refractivity contribution in [1.82, 2.24) is 0 Å². The summed E-state index contributed by atoms with van der Waals surface area (Å²) in [5.74, 6) is 0.800. The molecule has 0 bridgehead atoms. The maximum absolute atomic E-state index is 12.8. The van der Waals surface area contributed by atoms with Crippen LogP contribution in [0.2, 0.25) is 0 Å². The number of hydrogen-bond donors (Lipinski definition) is 1. The van der Waals surface area contributed by atoms with Gasteiger partial charge in [0.2, 0.25) is 0 Å². The average molecular weight is 383 g/mol. The number of rotatable bonds is 7. The molecule has 0 unspecified atom stereocenters. The van der Waals surface area contributed by atoms with E-state index in [-0.39, 0.29) is 5.91 Å². The van der Waals surface area contributed by atoms with E-state index >= 15 is 0 Å². The first kappa shape index (κ1) is 18.5. The van der Waals surface area contributed by atoms with Crippen molar-refractivity contribution >= 4 is 40.4 Å². The molecule has 0 atom stereocenters. The monoisotopic (exact) mass is 382 g/mol. The Labute approximate surface area is 163 Å². The summed E-state index contributed by atoms with van der Waals surface area (Å²) in [4.78, 5) is 17.3. The van der Waals surface area contributed by atoms with Gasteiger partial charge in [0.25, 0.3) is 5.91 Å². The van der Waals surface area contributed by atoms with Crippen LogP contribution in [0, 0.1) is 0 Å². The highest BCUT2D eigenvalue weighted by Gasteiger charge is 2.12. The fourth-order valence-corrected chi connectivity index (χ4v) is 4.35. The molecule has 0 aliphatic carbocycles. The maximum atomic E-state index is 12.8. The topological polar surface area (TPSA) is 32.3 Å². The van der Waals surface area contributed by atoms with Crippen LogP contribution in [0.25, 0.3) is 0 Å². The predicted molar refractivity (Wildman–Crippen MR) is 114 cm³/mol. The molecule has 5 heteroatoms. The Bertz CT molecular complexity index is 862. The molecule has 2 aromatic carbocycles. The highest BCUT2D eigenvalue weighted by molar-refractivity contribution is 7.98. The minimum Gasteiger partial charge on any atom is -0.375 e. The number of thiophene rings is 1. The summed E-state index contributed by atoms with van der Waals surface area (Å²) in [7, 11) is 2.04. The molecule has 1 N–H and O–H groups in total. The molecule has 0 saturated heterocycles. The van der Waals surface area contributed by atoms with Gasteiger partial charge in [-0.15, -0.1) is 23.1 Å². The third-order valence-corrected chi connectivity index (χ3v) is 6.28. The number of amides is 1. The number of nitrogens with zero attached hydrogens (tertiary/aromatic N) is 1. The van der Waals surface area contributed by atoms with Crippen LogP contribution in [-0.2, 0) is 5.75 Å². The van der Waals surface area contributed by atoms with Crippen molar-refractivity contribution in [3.8, 4) is 0 Å². The van der Waals surface area contributed by atoms with Gasteiger partial charge in [0.1, 0.15) is 0 Å². The molecule has 1 amide bonds. The molecular weight excluding hydrogens is 360 g/mol. The van der Waals surface area contributed by atoms with Gasteiger partial charge in [-0.2, -0.15) is 0 Å². The van der Waals surface area contributed by atoms with E-state index in [0.717, 1.165) is 28.6 Å². The standard InChI is InChI=1S/C21H22N2OS2/c1-3-23(2)17-9-6-8-16(14-17)22-21(24)19-11-4-5-12-20(19)26-15-18-10-7-13-25-18/h4-14H,3,15H2,1-2H3,(H,22,24). The molecule has 0 saturated carbocycles. The molecule has 134 valence electrons. The summed E-state index contributed by atoms with van der Waals surface area (Å²) < 4.78 is 0. The van der Waals surface area contributed by atoms with Crippen LogP contribution < -0.4 is 10.2 Å². The van der Waals surface area contributed by atoms with E-state index in [9.17, 15) is 4.79 Å². The summed E-state index contributed by atoms with van der Waals surface area (Å²) in [6.45, 7) is 3.02. The van der Waals surface area contributed by atoms with Crippen molar-refractivity contribution in [2.75, 3.05) is 23.8 Å². The van der Waals surface area contributed by atoms with Gasteiger partial charge in [-0.05, 0) is 48.7 Å². The normalized spacial score (nSPS) is 10.5. The second-order valence-electron chi connectivity index (χ2n) is 5.88. The van der Waals surface area contributed by atoms with Crippen molar-refractivity contribution in [2.45, 2.75) is 17.6 Å². The Morgan fingerprint density at radius 2 is 1.96 bits per heavy atom. The zero-order valence-electron chi connectivity index (χ0n) is 14.9. The van der Waals surface area contributed by atoms with Crippen LogP contribution in [0.4, 0.5) is 11.4 Å². The molecular formula is C21H22N2OS2. The molecule has 1 aromatic heterocycles. The first-order valence-electron chi connectivity index (χ1n) is 8.54. The van der Waals surface area contributed by atoms with Gasteiger partial charge in [0, 0.05) is 40.5 Å². The lowest BCUT2D eigenvalue weighted by atomic mass is 10.2. The van der Waals surface area contributed by atoms with Crippen LogP contribution in [0.15, 0.2) is 70.9 Å². The van der Waals surface area contributed by atoms with E-state index in [4.69, 9.17) is 0 Å². The fourth-order valence-electron chi connectivity index (χ4n) is 2.53. The summed E-state index contributed by atoms with van der Waals surface area (Å²) in [5.41, 5.74) is 2.61. The summed E-state index contributed by atoms with van der Waals surface area (Å²) in [5, 5.41) is 5.11. The maximum Gasteiger partial charge on any atom is 0.256 e. The summed E-state index contributed by atoms with van der Waals surface area (Å²) in [6.07, 6.45) is 0. The van der Waals surface area contributed by atoms with Gasteiger partial charge in [0.15, 0.2) is 0 Å². The first-order chi connectivity index (χ1) is 12.7. The van der Waals surface area contributed by atoms with E-state index in [1.807, 2.05) is 55.6 Å². The van der Waals surface area contributed by atoms with Gasteiger partial charge < -0.3 is 10.2 Å². The molecule has 26 heavy (non-hydrogen) atoms. The van der Waals surface area contributed by atoms with E-state index in [0.29, 0.717) is 5.56 Å². The quantitative estimate of drug-likeness (QED) is 0.528. The van der Waals surface area contributed by atoms with Crippen molar-refractivity contribution in [3.05, 3.63) is 76.5 Å². The molecule has 0 aliphatic rings. The largest absolute Gasteiger partial charge is 0.375 e. The molecule has 0 fully saturated rings. The van der Waals surface area contributed by atoms with E-state index in [1.165, 1.54) is 4.88 Å². The Morgan fingerprint density at radius 3 is 2.73 bits per heavy atom. The third-order valence-electron chi connectivity index (χ3n) is 4.10. The number of carbonyl (C=O) groups excluding carboxylic acids is 1. The van der Waals surface area contributed by atoms with E-state index in [1.54, 1.807) is 23.1 Å². The first-order valence-corrected chi connectivity index (χ1v) is 10.4. The molecule has 3 aromatic rings. The molecule has 1 heterocycles. The minimum atomic E-state index is -0.0735. The Morgan fingerprint density at radius 1 is 1.12 bits per heavy atom. The average Bonchev–Trinajstić information content (AvgIpc) is 3.19. The van der Waals surface area contributed by atoms with Crippen LogP contribution >= 0.6 is 23.1 Å². The lowest BCUT2D eigenvalue weighted by molar-refractivity contribution is 0.102. The van der Waals surface area contributed by atoms with E-state index < -0.39 is 0 Å². The van der Waals surface area contributed by atoms with Crippen molar-refractivity contribution in [2.24, 2.45) is 0 Å². The number of thioether (sulfide) groups is 1. The molecule has 3 rings (SSSR count). The van der Waals surface area contributed by atoms with E-state index in [2.05, 4.69) is 34.7 Å². The van der Waals surface area contributed by atoms with Gasteiger partial charge in [-0.1, -0.05) is 24.3 Å². The van der Waals surface area contributed by atoms with Crippen LogP contribution in [-0.4, -0.2) is 19.5 Å². The van der Waals surface area contributed by atoms with Gasteiger partial charge >= 0.3 is 0 Å². The zero-order chi connectivity index (χ0) is 18.4. The smallest absolute Gasteiger partial charge is 0.256 e. The molecule has 0 radical (unpaired) electrons. The number of hydrogen-bond acceptors (Lipinski definition) is 4. The van der Waals surface area contributed by atoms with Crippen molar-refractivity contribution in [3.63, 3.8) is 0 Å². The Hall–Kier alpha value is -2.24. The number of nitrogens with one attached hydrogen (secondary N) is 1. The summed E-state index contributed by atoms with van der Waals surface area (Å²) in [6, 6.07) is 19.9. The molecule has 3 nitrogen and oxygen atoms in total. The number of benzene rings is 2. The second-order valence-corrected chi connectivity index (χ2v) is 7.93. The third kappa shape index (κ3) is 4.68. The number of carbonyl (C=O) groups is 1. The van der Waals surface area contributed by atoms with Crippen LogP contribution in [0.1, 0.15) is 22.2 Å². The van der Waals surface area contributed by atoms with Gasteiger partial charge in [-0.25, -0.2) is 0 Å². The lowest BCUT2D eigenvalue weighted by Gasteiger charge is -2.18. The number of anilines is 2. The highest BCUT2D eigenvalue weighted by atomic mass is 32.2. The highest BCUT2D eigenvalue weighted by Crippen LogP contribution is 2.28. The zero-order valence-corrected chi connectivity index (χ0v) is 16.6. The van der Waals surface area contributed by atoms with Crippen LogP contribution in [0.3, 0.4) is 0 Å². The van der Waals surface area contributed by atoms with Crippen molar-refractivity contribution in [1.29, 1.82) is 0 Å². The van der Waals surface area contributed by atoms with Gasteiger partial charge in [-0.3, -0.25) is 4.79 Å². The lowest BCUT2D eigenvalue weighted by Crippen LogP contribution is -2.17. The SMILES string of the molecule is CCN(C)c1cccc(NC(=O)c2ccccc2SCc2cccs2)c1. The van der Waals surface area contributed by atoms with Crippen LogP contribution in [0.5, 0.6) is 0 Å². The fraction of sp³-hybridized carbons (Fsp3) is 0.190. The second kappa shape index (κ2) is 8.92. The summed E-state index contributed by atoms with van der Waals surface area (Å²) >= 11 is 3.44. The Kier molecular flexibility index (Phi) is 6.36. The Balaban J connectivity index is 1.74. The van der Waals surface area contributed by atoms with Gasteiger partial charge in [0.05, 0.1) is 5.56 Å².